The van der Waals surface area contributed by atoms with Crippen LogP contribution in [-0.2, 0) is 9.53 Å². The van der Waals surface area contributed by atoms with Gasteiger partial charge in [-0.2, -0.15) is 0 Å². The molecule has 0 aromatic carbocycles. The van der Waals surface area contributed by atoms with E-state index in [1.54, 1.807) is 14.0 Å². The number of hydrogen-bond acceptors (Lipinski definition) is 2. The first-order valence-electron chi connectivity index (χ1n) is 2.86. The lowest BCUT2D eigenvalue weighted by Crippen LogP contribution is -2.06. The molecular weight excluding hydrogens is 140 g/mol. The van der Waals surface area contributed by atoms with E-state index < -0.39 is 0 Å². The van der Waals surface area contributed by atoms with Gasteiger partial charge in [-0.15, -0.1) is 0 Å². The molecule has 1 atom stereocenters. The Kier molecular flexibility index (Phi) is 4.72. The van der Waals surface area contributed by atoms with Crippen molar-refractivity contribution < 1.29 is 9.53 Å². The minimum Gasteiger partial charge on any atom is -0.385 e. The number of carbonyl (C=O) groups excluding carboxylic acids is 1. The molecule has 0 aliphatic heterocycles. The summed E-state index contributed by atoms with van der Waals surface area (Å²) in [4.78, 5) is 10.4. The van der Waals surface area contributed by atoms with Crippen LogP contribution in [-0.4, -0.2) is 19.0 Å². The Morgan fingerprint density at radius 1 is 1.78 bits per heavy atom. The third kappa shape index (κ3) is 4.43. The van der Waals surface area contributed by atoms with Crippen LogP contribution in [0.15, 0.2) is 0 Å². The van der Waals surface area contributed by atoms with Gasteiger partial charge in [0.1, 0.15) is 0 Å². The highest BCUT2D eigenvalue weighted by atomic mass is 35.5. The summed E-state index contributed by atoms with van der Waals surface area (Å²) in [5, 5.41) is -0.285. The van der Waals surface area contributed by atoms with E-state index in [0.717, 1.165) is 0 Å². The maximum Gasteiger partial charge on any atom is 0.224 e. The van der Waals surface area contributed by atoms with Gasteiger partial charge in [0.05, 0.1) is 0 Å². The SMILES string of the molecule is COCCC(C)C(=O)Cl. The summed E-state index contributed by atoms with van der Waals surface area (Å²) in [5.74, 6) is -0.0772. The summed E-state index contributed by atoms with van der Waals surface area (Å²) in [5.41, 5.74) is 0. The molecule has 3 heteroatoms. The monoisotopic (exact) mass is 150 g/mol. The lowest BCUT2D eigenvalue weighted by atomic mass is 10.1. The molecule has 0 spiro atoms. The Balaban J connectivity index is 3.27. The van der Waals surface area contributed by atoms with Crippen LogP contribution in [0.1, 0.15) is 13.3 Å². The first kappa shape index (κ1) is 8.92. The van der Waals surface area contributed by atoms with Gasteiger partial charge in [0, 0.05) is 19.6 Å². The number of rotatable bonds is 4. The average molecular weight is 151 g/mol. The lowest BCUT2D eigenvalue weighted by Gasteiger charge is -2.02. The normalized spacial score (nSPS) is 13.2. The van der Waals surface area contributed by atoms with Crippen molar-refractivity contribution >= 4 is 16.8 Å². The van der Waals surface area contributed by atoms with Crippen LogP contribution in [0.3, 0.4) is 0 Å². The Labute approximate surface area is 60.1 Å². The van der Waals surface area contributed by atoms with Crippen molar-refractivity contribution in [3.63, 3.8) is 0 Å². The first-order valence-corrected chi connectivity index (χ1v) is 3.24. The Bertz CT molecular complexity index is 93.1. The molecular formula is C6H11ClO2. The predicted molar refractivity (Wildman–Crippen MR) is 36.5 cm³/mol. The van der Waals surface area contributed by atoms with E-state index in [1.807, 2.05) is 0 Å². The molecule has 1 unspecified atom stereocenters. The van der Waals surface area contributed by atoms with Crippen LogP contribution < -0.4 is 0 Å². The second-order valence-corrected chi connectivity index (χ2v) is 2.36. The zero-order valence-electron chi connectivity index (χ0n) is 5.69. The Hall–Kier alpha value is -0.0800. The van der Waals surface area contributed by atoms with Gasteiger partial charge in [0.2, 0.25) is 5.24 Å². The second-order valence-electron chi connectivity index (χ2n) is 1.99. The fraction of sp³-hybridized carbons (Fsp3) is 0.833. The molecule has 0 bridgehead atoms. The van der Waals surface area contributed by atoms with Crippen molar-refractivity contribution in [2.45, 2.75) is 13.3 Å². The minimum absolute atomic E-state index is 0.0772. The van der Waals surface area contributed by atoms with Crippen LogP contribution in [0.25, 0.3) is 0 Å². The highest BCUT2D eigenvalue weighted by molar-refractivity contribution is 6.63. The molecule has 0 N–H and O–H groups in total. The van der Waals surface area contributed by atoms with Gasteiger partial charge in [-0.3, -0.25) is 4.79 Å². The number of halogens is 1. The standard InChI is InChI=1S/C6H11ClO2/c1-5(6(7)8)3-4-9-2/h5H,3-4H2,1-2H3. The first-order chi connectivity index (χ1) is 4.18. The topological polar surface area (TPSA) is 26.3 Å². The van der Waals surface area contributed by atoms with Crippen molar-refractivity contribution in [3.8, 4) is 0 Å². The summed E-state index contributed by atoms with van der Waals surface area (Å²) in [6.07, 6.45) is 0.707. The Morgan fingerprint density at radius 2 is 2.33 bits per heavy atom. The van der Waals surface area contributed by atoms with Crippen LogP contribution in [0.2, 0.25) is 0 Å². The van der Waals surface area contributed by atoms with Crippen LogP contribution in [0.5, 0.6) is 0 Å². The quantitative estimate of drug-likeness (QED) is 0.567. The molecule has 0 radical (unpaired) electrons. The summed E-state index contributed by atoms with van der Waals surface area (Å²) in [7, 11) is 1.60. The average Bonchev–Trinajstić information content (AvgIpc) is 1.82. The molecule has 54 valence electrons. The zero-order valence-corrected chi connectivity index (χ0v) is 6.44. The molecule has 0 saturated heterocycles. The van der Waals surface area contributed by atoms with Gasteiger partial charge in [0.25, 0.3) is 0 Å². The molecule has 2 nitrogen and oxygen atoms in total. The molecule has 0 amide bonds. The summed E-state index contributed by atoms with van der Waals surface area (Å²) >= 11 is 5.17. The molecule has 0 rings (SSSR count). The molecule has 0 aromatic heterocycles. The van der Waals surface area contributed by atoms with Gasteiger partial charge in [0.15, 0.2) is 0 Å². The fourth-order valence-corrected chi connectivity index (χ4v) is 0.517. The molecule has 0 heterocycles. The minimum atomic E-state index is -0.285. The van der Waals surface area contributed by atoms with Gasteiger partial charge < -0.3 is 4.74 Å². The molecule has 9 heavy (non-hydrogen) atoms. The third-order valence-electron chi connectivity index (χ3n) is 1.14. The molecule has 0 aliphatic carbocycles. The van der Waals surface area contributed by atoms with Crippen molar-refractivity contribution in [2.24, 2.45) is 5.92 Å². The van der Waals surface area contributed by atoms with Crippen molar-refractivity contribution in [2.75, 3.05) is 13.7 Å². The predicted octanol–water partition coefficient (Wildman–Crippen LogP) is 1.42. The van der Waals surface area contributed by atoms with E-state index in [9.17, 15) is 4.79 Å². The lowest BCUT2D eigenvalue weighted by molar-refractivity contribution is -0.115. The van der Waals surface area contributed by atoms with Gasteiger partial charge >= 0.3 is 0 Å². The highest BCUT2D eigenvalue weighted by Gasteiger charge is 2.07. The smallest absolute Gasteiger partial charge is 0.224 e. The van der Waals surface area contributed by atoms with E-state index >= 15 is 0 Å². The van der Waals surface area contributed by atoms with E-state index in [2.05, 4.69) is 0 Å². The fourth-order valence-electron chi connectivity index (χ4n) is 0.408. The summed E-state index contributed by atoms with van der Waals surface area (Å²) in [6, 6.07) is 0. The molecule has 0 saturated carbocycles. The number of ether oxygens (including phenoxy) is 1. The van der Waals surface area contributed by atoms with Crippen LogP contribution >= 0.6 is 11.6 Å². The maximum absolute atomic E-state index is 10.4. The number of methoxy groups -OCH3 is 1. The third-order valence-corrected chi connectivity index (χ3v) is 1.51. The highest BCUT2D eigenvalue weighted by Crippen LogP contribution is 2.05. The summed E-state index contributed by atoms with van der Waals surface area (Å²) in [6.45, 7) is 2.38. The van der Waals surface area contributed by atoms with Crippen molar-refractivity contribution in [1.29, 1.82) is 0 Å². The summed E-state index contributed by atoms with van der Waals surface area (Å²) < 4.78 is 4.75. The number of hydrogen-bond donors (Lipinski definition) is 0. The Morgan fingerprint density at radius 3 is 2.67 bits per heavy atom. The van der Waals surface area contributed by atoms with E-state index in [0.29, 0.717) is 13.0 Å². The molecule has 0 aliphatic rings. The molecule has 0 fully saturated rings. The van der Waals surface area contributed by atoms with E-state index in [-0.39, 0.29) is 11.2 Å². The molecule has 0 aromatic rings. The maximum atomic E-state index is 10.4. The van der Waals surface area contributed by atoms with Crippen LogP contribution in [0, 0.1) is 5.92 Å². The van der Waals surface area contributed by atoms with Crippen molar-refractivity contribution in [1.82, 2.24) is 0 Å². The van der Waals surface area contributed by atoms with Gasteiger partial charge in [-0.25, -0.2) is 0 Å². The number of carbonyl (C=O) groups is 1. The van der Waals surface area contributed by atoms with E-state index in [4.69, 9.17) is 16.3 Å². The van der Waals surface area contributed by atoms with Crippen LogP contribution in [0.4, 0.5) is 0 Å². The second kappa shape index (κ2) is 4.77. The van der Waals surface area contributed by atoms with E-state index in [1.165, 1.54) is 0 Å². The van der Waals surface area contributed by atoms with Gasteiger partial charge in [-0.05, 0) is 18.0 Å². The zero-order chi connectivity index (χ0) is 7.28. The largest absolute Gasteiger partial charge is 0.385 e. The van der Waals surface area contributed by atoms with Crippen molar-refractivity contribution in [3.05, 3.63) is 0 Å². The van der Waals surface area contributed by atoms with Gasteiger partial charge in [-0.1, -0.05) is 6.92 Å².